The van der Waals surface area contributed by atoms with Crippen LogP contribution in [0.5, 0.6) is 0 Å². The Hall–Kier alpha value is -0.150. The van der Waals surface area contributed by atoms with Crippen LogP contribution in [0.4, 0.5) is 4.39 Å². The van der Waals surface area contributed by atoms with Gasteiger partial charge in [-0.05, 0) is 26.4 Å². The molecule has 0 aromatic carbocycles. The average Bonchev–Trinajstić information content (AvgIpc) is 2.13. The van der Waals surface area contributed by atoms with Crippen molar-refractivity contribution in [1.82, 2.24) is 5.32 Å². The van der Waals surface area contributed by atoms with E-state index in [-0.39, 0.29) is 0 Å². The number of nitrogens with one attached hydrogen (secondary N) is 1. The van der Waals surface area contributed by atoms with E-state index >= 15 is 0 Å². The molecule has 0 amide bonds. The van der Waals surface area contributed by atoms with Gasteiger partial charge in [0.15, 0.2) is 0 Å². The first-order valence-corrected chi connectivity index (χ1v) is 4.32. The van der Waals surface area contributed by atoms with Gasteiger partial charge in [0, 0.05) is 6.54 Å². The van der Waals surface area contributed by atoms with Gasteiger partial charge >= 0.3 is 0 Å². The van der Waals surface area contributed by atoms with Gasteiger partial charge in [-0.1, -0.05) is 13.8 Å². The van der Waals surface area contributed by atoms with E-state index in [9.17, 15) is 4.39 Å². The minimum Gasteiger partial charge on any atom is -0.333 e. The zero-order valence-corrected chi connectivity index (χ0v) is 7.86. The summed E-state index contributed by atoms with van der Waals surface area (Å²) in [4.78, 5) is 0. The topological polar surface area (TPSA) is 38.0 Å². The zero-order chi connectivity index (χ0) is 9.11. The molecule has 0 aromatic heterocycles. The van der Waals surface area contributed by atoms with E-state index in [1.807, 2.05) is 13.8 Å². The summed E-state index contributed by atoms with van der Waals surface area (Å²) in [6.45, 7) is 5.57. The Morgan fingerprint density at radius 2 is 1.91 bits per heavy atom. The van der Waals surface area contributed by atoms with Gasteiger partial charge in [-0.15, -0.1) is 0 Å². The lowest BCUT2D eigenvalue weighted by atomic mass is 10.1. The highest BCUT2D eigenvalue weighted by molar-refractivity contribution is 4.66. The van der Waals surface area contributed by atoms with Crippen LogP contribution in [-0.4, -0.2) is 26.3 Å². The Bertz CT molecular complexity index is 54.1. The molecule has 1 rings (SSSR count). The number of alkyl halides is 1. The minimum absolute atomic E-state index is 0.569. The molecule has 1 aliphatic rings. The third-order valence-electron chi connectivity index (χ3n) is 1.24. The maximum atomic E-state index is 12.1. The Morgan fingerprint density at radius 3 is 2.09 bits per heavy atom. The van der Waals surface area contributed by atoms with Crippen LogP contribution in [0, 0.1) is 0 Å². The van der Waals surface area contributed by atoms with Gasteiger partial charge in [-0.2, -0.15) is 0 Å². The molecular formula is C8H21FN2. The molecule has 0 aliphatic carbocycles. The second-order valence-corrected chi connectivity index (χ2v) is 1.94. The fraction of sp³-hybridized carbons (Fsp3) is 1.00. The summed E-state index contributed by atoms with van der Waals surface area (Å²) in [6, 6.07) is 0. The number of hydrogen-bond acceptors (Lipinski definition) is 2. The van der Waals surface area contributed by atoms with Crippen molar-refractivity contribution < 1.29 is 4.39 Å². The van der Waals surface area contributed by atoms with Crippen molar-refractivity contribution in [1.29, 1.82) is 0 Å². The Kier molecular flexibility index (Phi) is 15.3. The lowest BCUT2D eigenvalue weighted by Gasteiger charge is -2.14. The molecule has 0 radical (unpaired) electrons. The third-order valence-corrected chi connectivity index (χ3v) is 1.24. The lowest BCUT2D eigenvalue weighted by Crippen LogP contribution is -2.30. The molecule has 1 aliphatic heterocycles. The summed E-state index contributed by atoms with van der Waals surface area (Å²) in [7, 11) is 1.50. The molecule has 0 aromatic rings. The van der Waals surface area contributed by atoms with Crippen LogP contribution < -0.4 is 11.1 Å². The monoisotopic (exact) mass is 164 g/mol. The Labute approximate surface area is 69.4 Å². The molecule has 0 bridgehead atoms. The fourth-order valence-electron chi connectivity index (χ4n) is 0.809. The summed E-state index contributed by atoms with van der Waals surface area (Å²) < 4.78 is 12.1. The number of nitrogens with two attached hydrogens (primary N) is 1. The van der Waals surface area contributed by atoms with Gasteiger partial charge in [0.2, 0.25) is 0 Å². The first-order valence-electron chi connectivity index (χ1n) is 4.32. The molecule has 0 spiro atoms. The Balaban J connectivity index is 0. The third kappa shape index (κ3) is 9.85. The molecule has 1 saturated heterocycles. The molecule has 1 heterocycles. The van der Waals surface area contributed by atoms with Crippen molar-refractivity contribution >= 4 is 0 Å². The molecule has 1 fully saturated rings. The molecule has 0 saturated carbocycles. The van der Waals surface area contributed by atoms with Gasteiger partial charge in [-0.3, -0.25) is 0 Å². The number of hydrogen-bond donors (Lipinski definition) is 2. The van der Waals surface area contributed by atoms with Gasteiger partial charge in [0.25, 0.3) is 0 Å². The van der Waals surface area contributed by atoms with Gasteiger partial charge in [0.1, 0.15) is 6.17 Å². The van der Waals surface area contributed by atoms with Crippen molar-refractivity contribution in [3.05, 3.63) is 0 Å². The van der Waals surface area contributed by atoms with Crippen LogP contribution in [0.25, 0.3) is 0 Å². The van der Waals surface area contributed by atoms with Crippen molar-refractivity contribution in [3.63, 3.8) is 0 Å². The van der Waals surface area contributed by atoms with Crippen molar-refractivity contribution in [2.45, 2.75) is 32.9 Å². The van der Waals surface area contributed by atoms with Gasteiger partial charge < -0.3 is 11.1 Å². The zero-order valence-electron chi connectivity index (χ0n) is 7.86. The van der Waals surface area contributed by atoms with E-state index in [1.54, 1.807) is 0 Å². The van der Waals surface area contributed by atoms with E-state index in [4.69, 9.17) is 0 Å². The summed E-state index contributed by atoms with van der Waals surface area (Å²) in [5.74, 6) is 0. The predicted octanol–water partition coefficient (Wildman–Crippen LogP) is 1.31. The van der Waals surface area contributed by atoms with Crippen LogP contribution in [0.15, 0.2) is 0 Å². The molecule has 1 unspecified atom stereocenters. The maximum absolute atomic E-state index is 12.1. The molecule has 2 nitrogen and oxygen atoms in total. The van der Waals surface area contributed by atoms with Gasteiger partial charge in [0.05, 0.1) is 0 Å². The maximum Gasteiger partial charge on any atom is 0.113 e. The standard InChI is InChI=1S/C5H10FN.C2H6.CH5N/c6-5-2-1-3-7-4-5;2*1-2/h5,7H,1-4H2;1-2H3;2H2,1H3. The van der Waals surface area contributed by atoms with Crippen molar-refractivity contribution in [3.8, 4) is 0 Å². The van der Waals surface area contributed by atoms with Crippen LogP contribution in [-0.2, 0) is 0 Å². The van der Waals surface area contributed by atoms with E-state index in [1.165, 1.54) is 7.05 Å². The second-order valence-electron chi connectivity index (χ2n) is 1.94. The van der Waals surface area contributed by atoms with E-state index in [2.05, 4.69) is 11.1 Å². The minimum atomic E-state index is -0.575. The van der Waals surface area contributed by atoms with E-state index in [0.29, 0.717) is 6.54 Å². The average molecular weight is 164 g/mol. The second kappa shape index (κ2) is 12.5. The first-order chi connectivity index (χ1) is 5.39. The van der Waals surface area contributed by atoms with Crippen molar-refractivity contribution in [2.24, 2.45) is 5.73 Å². The SMILES string of the molecule is CC.CN.FC1CCCNC1. The predicted molar refractivity (Wildman–Crippen MR) is 48.5 cm³/mol. The summed E-state index contributed by atoms with van der Waals surface area (Å²) >= 11 is 0. The van der Waals surface area contributed by atoms with Crippen LogP contribution in [0.1, 0.15) is 26.7 Å². The lowest BCUT2D eigenvalue weighted by molar-refractivity contribution is 0.266. The quantitative estimate of drug-likeness (QED) is 0.566. The molecule has 70 valence electrons. The highest BCUT2D eigenvalue weighted by Crippen LogP contribution is 2.03. The molecule has 11 heavy (non-hydrogen) atoms. The van der Waals surface area contributed by atoms with Crippen LogP contribution in [0.3, 0.4) is 0 Å². The summed E-state index contributed by atoms with van der Waals surface area (Å²) in [6.07, 6.45) is 1.18. The smallest absolute Gasteiger partial charge is 0.113 e. The Morgan fingerprint density at radius 1 is 1.36 bits per heavy atom. The molecule has 1 atom stereocenters. The van der Waals surface area contributed by atoms with E-state index in [0.717, 1.165) is 19.4 Å². The van der Waals surface area contributed by atoms with Crippen molar-refractivity contribution in [2.75, 3.05) is 20.1 Å². The van der Waals surface area contributed by atoms with Gasteiger partial charge in [-0.25, -0.2) is 4.39 Å². The normalized spacial score (nSPS) is 22.1. The molecule has 3 N–H and O–H groups in total. The van der Waals surface area contributed by atoms with E-state index < -0.39 is 6.17 Å². The number of halogens is 1. The fourth-order valence-corrected chi connectivity index (χ4v) is 0.809. The molecule has 3 heteroatoms. The largest absolute Gasteiger partial charge is 0.333 e. The van der Waals surface area contributed by atoms with Crippen LogP contribution >= 0.6 is 0 Å². The first kappa shape index (κ1) is 13.4. The highest BCUT2D eigenvalue weighted by atomic mass is 19.1. The summed E-state index contributed by atoms with van der Waals surface area (Å²) in [5.41, 5.74) is 4.50. The molecular weight excluding hydrogens is 143 g/mol. The number of rotatable bonds is 0. The van der Waals surface area contributed by atoms with Crippen LogP contribution in [0.2, 0.25) is 0 Å². The highest BCUT2D eigenvalue weighted by Gasteiger charge is 2.08. The number of piperidine rings is 1. The summed E-state index contributed by atoms with van der Waals surface area (Å²) in [5, 5.41) is 2.96.